The summed E-state index contributed by atoms with van der Waals surface area (Å²) >= 11 is 0. The van der Waals surface area contributed by atoms with E-state index in [2.05, 4.69) is 52.9 Å². The van der Waals surface area contributed by atoms with Crippen molar-refractivity contribution in [1.82, 2.24) is 4.90 Å². The van der Waals surface area contributed by atoms with Crippen LogP contribution in [0, 0.1) is 5.92 Å². The first-order valence-electron chi connectivity index (χ1n) is 9.09. The van der Waals surface area contributed by atoms with Gasteiger partial charge in [0.15, 0.2) is 8.32 Å². The second kappa shape index (κ2) is 7.61. The molecular formula is C19H37NO3Si. The fourth-order valence-electron chi connectivity index (χ4n) is 2.45. The SMILES string of the molecule is CCC=C[C@H]1CN(C(=O)OC(C)(C)C)C[C@@H]1O[Si](C)(C)C(C)(C)C. The molecule has 0 saturated carbocycles. The lowest BCUT2D eigenvalue weighted by Gasteiger charge is -2.39. The lowest BCUT2D eigenvalue weighted by Crippen LogP contribution is -2.46. The minimum absolute atomic E-state index is 0.0567. The van der Waals surface area contributed by atoms with Crippen LogP contribution in [0.4, 0.5) is 4.79 Å². The van der Waals surface area contributed by atoms with Crippen LogP contribution in [0.2, 0.25) is 18.1 Å². The molecule has 24 heavy (non-hydrogen) atoms. The first kappa shape index (κ1) is 21.2. The van der Waals surface area contributed by atoms with Gasteiger partial charge in [-0.3, -0.25) is 0 Å². The van der Waals surface area contributed by atoms with Gasteiger partial charge >= 0.3 is 6.09 Å². The van der Waals surface area contributed by atoms with Crippen LogP contribution in [0.5, 0.6) is 0 Å². The van der Waals surface area contributed by atoms with Gasteiger partial charge in [-0.05, 0) is 45.3 Å². The molecule has 1 saturated heterocycles. The number of hydrogen-bond donors (Lipinski definition) is 0. The van der Waals surface area contributed by atoms with Crippen LogP contribution in [-0.2, 0) is 9.16 Å². The van der Waals surface area contributed by atoms with E-state index in [0.29, 0.717) is 13.1 Å². The quantitative estimate of drug-likeness (QED) is 0.513. The highest BCUT2D eigenvalue weighted by atomic mass is 28.4. The highest BCUT2D eigenvalue weighted by molar-refractivity contribution is 6.74. The monoisotopic (exact) mass is 355 g/mol. The minimum Gasteiger partial charge on any atom is -0.444 e. The van der Waals surface area contributed by atoms with Crippen molar-refractivity contribution in [2.45, 2.75) is 84.7 Å². The molecule has 1 aliphatic heterocycles. The zero-order valence-corrected chi connectivity index (χ0v) is 18.1. The Hall–Kier alpha value is -0.813. The number of carbonyl (C=O) groups excluding carboxylic acids is 1. The summed E-state index contributed by atoms with van der Waals surface area (Å²) in [4.78, 5) is 14.2. The smallest absolute Gasteiger partial charge is 0.410 e. The second-order valence-corrected chi connectivity index (χ2v) is 14.1. The van der Waals surface area contributed by atoms with Gasteiger partial charge < -0.3 is 14.1 Å². The van der Waals surface area contributed by atoms with Crippen LogP contribution in [0.1, 0.15) is 54.9 Å². The Bertz CT molecular complexity index is 460. The van der Waals surface area contributed by atoms with Crippen LogP contribution in [0.3, 0.4) is 0 Å². The molecule has 5 heteroatoms. The molecular weight excluding hydrogens is 318 g/mol. The molecule has 0 bridgehead atoms. The summed E-state index contributed by atoms with van der Waals surface area (Å²) in [6.07, 6.45) is 5.20. The third-order valence-corrected chi connectivity index (χ3v) is 9.34. The third kappa shape index (κ3) is 5.92. The van der Waals surface area contributed by atoms with Crippen molar-refractivity contribution in [3.8, 4) is 0 Å². The zero-order valence-electron chi connectivity index (χ0n) is 17.1. The highest BCUT2D eigenvalue weighted by Gasteiger charge is 2.44. The standard InChI is InChI=1S/C19H37NO3Si/c1-10-11-12-15-13-20(17(21)22-18(2,3)4)14-16(15)23-24(8,9)19(5,6)7/h11-12,15-16H,10,13-14H2,1-9H3/t15-,16-/m0/s1. The van der Waals surface area contributed by atoms with Gasteiger partial charge in [-0.15, -0.1) is 0 Å². The molecule has 0 aromatic rings. The van der Waals surface area contributed by atoms with E-state index >= 15 is 0 Å². The maximum absolute atomic E-state index is 12.4. The number of likely N-dealkylation sites (tertiary alicyclic amines) is 1. The third-order valence-electron chi connectivity index (χ3n) is 4.83. The maximum Gasteiger partial charge on any atom is 0.410 e. The Balaban J connectivity index is 2.88. The van der Waals surface area contributed by atoms with Crippen molar-refractivity contribution >= 4 is 14.4 Å². The average Bonchev–Trinajstić information content (AvgIpc) is 2.75. The van der Waals surface area contributed by atoms with Gasteiger partial charge in [-0.1, -0.05) is 39.8 Å². The van der Waals surface area contributed by atoms with Gasteiger partial charge in [-0.25, -0.2) is 4.79 Å². The van der Waals surface area contributed by atoms with Crippen LogP contribution < -0.4 is 0 Å². The van der Waals surface area contributed by atoms with E-state index in [0.717, 1.165) is 6.42 Å². The van der Waals surface area contributed by atoms with Gasteiger partial charge in [0.25, 0.3) is 0 Å². The number of rotatable bonds is 4. The molecule has 1 rings (SSSR count). The number of amides is 1. The van der Waals surface area contributed by atoms with Gasteiger partial charge in [0.1, 0.15) is 5.60 Å². The largest absolute Gasteiger partial charge is 0.444 e. The Morgan fingerprint density at radius 2 is 1.75 bits per heavy atom. The van der Waals surface area contributed by atoms with Crippen LogP contribution in [-0.4, -0.2) is 44.1 Å². The summed E-state index contributed by atoms with van der Waals surface area (Å²) in [5, 5.41) is 0.158. The Morgan fingerprint density at radius 3 is 2.21 bits per heavy atom. The van der Waals surface area contributed by atoms with E-state index in [1.807, 2.05) is 20.8 Å². The molecule has 140 valence electrons. The molecule has 1 aliphatic rings. The summed E-state index contributed by atoms with van der Waals surface area (Å²) < 4.78 is 12.2. The number of allylic oxidation sites excluding steroid dienone is 1. The lowest BCUT2D eigenvalue weighted by molar-refractivity contribution is 0.0272. The van der Waals surface area contributed by atoms with E-state index in [-0.39, 0.29) is 23.2 Å². The predicted octanol–water partition coefficient (Wildman–Crippen LogP) is 5.21. The number of nitrogens with zero attached hydrogens (tertiary/aromatic N) is 1. The normalized spacial score (nSPS) is 23.1. The predicted molar refractivity (Wildman–Crippen MR) is 103 cm³/mol. The van der Waals surface area contributed by atoms with Crippen molar-refractivity contribution in [2.75, 3.05) is 13.1 Å². The van der Waals surface area contributed by atoms with E-state index in [1.54, 1.807) is 4.90 Å². The molecule has 0 unspecified atom stereocenters. The van der Waals surface area contributed by atoms with Crippen molar-refractivity contribution in [1.29, 1.82) is 0 Å². The van der Waals surface area contributed by atoms with E-state index < -0.39 is 13.9 Å². The van der Waals surface area contributed by atoms with Gasteiger partial charge in [-0.2, -0.15) is 0 Å². The van der Waals surface area contributed by atoms with Crippen molar-refractivity contribution in [3.63, 3.8) is 0 Å². The molecule has 0 N–H and O–H groups in total. The van der Waals surface area contributed by atoms with E-state index in [1.165, 1.54) is 0 Å². The number of carbonyl (C=O) groups is 1. The summed E-state index contributed by atoms with van der Waals surface area (Å²) in [6.45, 7) is 20.4. The molecule has 0 aromatic carbocycles. The summed E-state index contributed by atoms with van der Waals surface area (Å²) in [6, 6.07) is 0. The van der Waals surface area contributed by atoms with E-state index in [4.69, 9.17) is 9.16 Å². The average molecular weight is 356 g/mol. The zero-order chi connectivity index (χ0) is 18.8. The maximum atomic E-state index is 12.4. The number of ether oxygens (including phenoxy) is 1. The minimum atomic E-state index is -1.87. The fraction of sp³-hybridized carbons (Fsp3) is 0.842. The van der Waals surface area contributed by atoms with Crippen LogP contribution in [0.25, 0.3) is 0 Å². The molecule has 4 nitrogen and oxygen atoms in total. The lowest BCUT2D eigenvalue weighted by atomic mass is 10.1. The highest BCUT2D eigenvalue weighted by Crippen LogP contribution is 2.39. The Labute approximate surface area is 149 Å². The molecule has 1 heterocycles. The molecule has 0 radical (unpaired) electrons. The first-order chi connectivity index (χ1) is 10.8. The summed E-state index contributed by atoms with van der Waals surface area (Å²) in [5.74, 6) is 0.242. The van der Waals surface area contributed by atoms with Crippen LogP contribution >= 0.6 is 0 Å². The van der Waals surface area contributed by atoms with Crippen molar-refractivity contribution in [3.05, 3.63) is 12.2 Å². The topological polar surface area (TPSA) is 38.8 Å². The van der Waals surface area contributed by atoms with Gasteiger partial charge in [0.05, 0.1) is 6.10 Å². The molecule has 2 atom stereocenters. The summed E-state index contributed by atoms with van der Waals surface area (Å²) in [7, 11) is -1.87. The van der Waals surface area contributed by atoms with Crippen molar-refractivity contribution in [2.24, 2.45) is 5.92 Å². The molecule has 1 amide bonds. The summed E-state index contributed by atoms with van der Waals surface area (Å²) in [5.41, 5.74) is -0.468. The number of hydrogen-bond acceptors (Lipinski definition) is 3. The second-order valence-electron chi connectivity index (χ2n) is 9.30. The van der Waals surface area contributed by atoms with Crippen molar-refractivity contribution < 1.29 is 14.0 Å². The molecule has 1 fully saturated rings. The molecule has 0 aromatic heterocycles. The Kier molecular flexibility index (Phi) is 6.73. The Morgan fingerprint density at radius 1 is 1.17 bits per heavy atom. The first-order valence-corrected chi connectivity index (χ1v) is 12.0. The molecule has 0 aliphatic carbocycles. The van der Waals surface area contributed by atoms with Crippen LogP contribution in [0.15, 0.2) is 12.2 Å². The van der Waals surface area contributed by atoms with Gasteiger partial charge in [0, 0.05) is 19.0 Å². The van der Waals surface area contributed by atoms with E-state index in [9.17, 15) is 4.79 Å². The fourth-order valence-corrected chi connectivity index (χ4v) is 3.81. The van der Waals surface area contributed by atoms with Gasteiger partial charge in [0.2, 0.25) is 0 Å². The molecule has 0 spiro atoms.